The molecule has 0 spiro atoms. The maximum atomic E-state index is 11.6. The van der Waals surface area contributed by atoms with Crippen LogP contribution in [0.2, 0.25) is 0 Å². The lowest BCUT2D eigenvalue weighted by Crippen LogP contribution is -1.99. The Morgan fingerprint density at radius 1 is 0.821 bits per heavy atom. The number of esters is 1. The fourth-order valence-electron chi connectivity index (χ4n) is 2.74. The van der Waals surface area contributed by atoms with Gasteiger partial charge in [0.2, 0.25) is 0 Å². The molecule has 1 N–H and O–H groups in total. The number of carbonyl (C=O) groups is 1. The van der Waals surface area contributed by atoms with Crippen molar-refractivity contribution in [3.8, 4) is 23.0 Å². The summed E-state index contributed by atoms with van der Waals surface area (Å²) in [6, 6.07) is 10.3. The molecular weight excluding hydrogens is 360 g/mol. The first-order valence-corrected chi connectivity index (χ1v) is 8.81. The molecule has 2 aromatic carbocycles. The van der Waals surface area contributed by atoms with E-state index in [0.29, 0.717) is 34.1 Å². The van der Waals surface area contributed by atoms with E-state index in [0.717, 1.165) is 5.56 Å². The molecule has 0 atom stereocenters. The summed E-state index contributed by atoms with van der Waals surface area (Å²) in [4.78, 5) is 11.6. The number of hydrogen-bond acceptors (Lipinski definition) is 6. The summed E-state index contributed by atoms with van der Waals surface area (Å²) in [5, 5.41) is 10.1. The summed E-state index contributed by atoms with van der Waals surface area (Å²) in [6.45, 7) is 4.00. The smallest absolute Gasteiger partial charge is 0.336 e. The molecule has 0 amide bonds. The van der Waals surface area contributed by atoms with Gasteiger partial charge in [-0.1, -0.05) is 26.0 Å². The average Bonchev–Trinajstić information content (AvgIpc) is 3.15. The predicted molar refractivity (Wildman–Crippen MR) is 107 cm³/mol. The largest absolute Gasteiger partial charge is 0.504 e. The number of allylic oxidation sites excluding steroid dienone is 1. The molecule has 0 bridgehead atoms. The minimum Gasteiger partial charge on any atom is -0.504 e. The zero-order valence-electron chi connectivity index (χ0n) is 16.6. The molecule has 0 radical (unpaired) electrons. The van der Waals surface area contributed by atoms with E-state index in [1.54, 1.807) is 50.6 Å². The lowest BCUT2D eigenvalue weighted by atomic mass is 9.95. The third-order valence-corrected chi connectivity index (χ3v) is 3.97. The zero-order valence-corrected chi connectivity index (χ0v) is 16.6. The van der Waals surface area contributed by atoms with Crippen LogP contribution in [0, 0.1) is 0 Å². The van der Waals surface area contributed by atoms with Crippen molar-refractivity contribution in [2.45, 2.75) is 13.8 Å². The highest BCUT2D eigenvalue weighted by Gasteiger charge is 2.20. The Morgan fingerprint density at radius 2 is 1.39 bits per heavy atom. The van der Waals surface area contributed by atoms with Crippen LogP contribution in [0.3, 0.4) is 0 Å². The summed E-state index contributed by atoms with van der Waals surface area (Å²) in [5.41, 5.74) is 2.03. The molecule has 6 heteroatoms. The van der Waals surface area contributed by atoms with Crippen molar-refractivity contribution in [1.82, 2.24) is 0 Å². The van der Waals surface area contributed by atoms with Gasteiger partial charge in [0.1, 0.15) is 5.76 Å². The molecule has 0 saturated heterocycles. The molecule has 0 aromatic heterocycles. The van der Waals surface area contributed by atoms with Crippen LogP contribution >= 0.6 is 0 Å². The first-order chi connectivity index (χ1) is 13.6. The highest BCUT2D eigenvalue weighted by molar-refractivity contribution is 5.93. The Balaban J connectivity index is 0.00000136. The van der Waals surface area contributed by atoms with Gasteiger partial charge in [-0.3, -0.25) is 0 Å². The third kappa shape index (κ3) is 4.28. The van der Waals surface area contributed by atoms with E-state index in [1.807, 2.05) is 19.9 Å². The first-order valence-electron chi connectivity index (χ1n) is 8.81. The van der Waals surface area contributed by atoms with Gasteiger partial charge in [-0.25, -0.2) is 4.79 Å². The average molecular weight is 384 g/mol. The van der Waals surface area contributed by atoms with Crippen molar-refractivity contribution in [2.24, 2.45) is 0 Å². The Morgan fingerprint density at radius 3 is 1.89 bits per heavy atom. The Kier molecular flexibility index (Phi) is 7.09. The number of cyclic esters (lactones) is 1. The fourth-order valence-corrected chi connectivity index (χ4v) is 2.74. The van der Waals surface area contributed by atoms with Crippen LogP contribution in [0.25, 0.3) is 5.57 Å². The molecular formula is C22H24O6. The lowest BCUT2D eigenvalue weighted by molar-refractivity contribution is -0.132. The van der Waals surface area contributed by atoms with Gasteiger partial charge in [-0.2, -0.15) is 0 Å². The minimum absolute atomic E-state index is 0.0168. The molecule has 0 unspecified atom stereocenters. The summed E-state index contributed by atoms with van der Waals surface area (Å²) >= 11 is 0. The van der Waals surface area contributed by atoms with Crippen LogP contribution in [0.4, 0.5) is 0 Å². The van der Waals surface area contributed by atoms with Gasteiger partial charge in [-0.05, 0) is 41.5 Å². The maximum Gasteiger partial charge on any atom is 0.336 e. The van der Waals surface area contributed by atoms with Crippen LogP contribution in [0.15, 0.2) is 54.3 Å². The van der Waals surface area contributed by atoms with Crippen LogP contribution in [-0.2, 0) is 9.53 Å². The molecule has 3 rings (SSSR count). The third-order valence-electron chi connectivity index (χ3n) is 3.97. The second-order valence-corrected chi connectivity index (χ2v) is 5.45. The number of rotatable bonds is 5. The van der Waals surface area contributed by atoms with E-state index in [1.165, 1.54) is 13.2 Å². The predicted octanol–water partition coefficient (Wildman–Crippen LogP) is 4.32. The highest BCUT2D eigenvalue weighted by atomic mass is 16.5. The SMILES string of the molecule is CC.COc1ccc(/C(=C2\C=CC(=O)O2)c2ccc(OC)c(OC)c2)cc1O. The standard InChI is InChI=1S/C20H18O6.C2H6/c1-23-15-6-4-12(10-14(15)21)20(17-8-9-19(22)26-17)13-5-7-16(24-2)18(11-13)25-3;1-2/h4-11,21H,1-3H3;1-2H3/b20-17-;. The summed E-state index contributed by atoms with van der Waals surface area (Å²) in [5.74, 6) is 1.38. The van der Waals surface area contributed by atoms with Gasteiger partial charge in [0.25, 0.3) is 0 Å². The molecule has 0 fully saturated rings. The van der Waals surface area contributed by atoms with Crippen LogP contribution in [0.1, 0.15) is 25.0 Å². The number of benzene rings is 2. The number of hydrogen-bond donors (Lipinski definition) is 1. The first kappa shape index (κ1) is 20.9. The number of phenolic OH excluding ortho intramolecular Hbond substituents is 1. The molecule has 1 heterocycles. The van der Waals surface area contributed by atoms with Gasteiger partial charge in [-0.15, -0.1) is 0 Å². The van der Waals surface area contributed by atoms with Crippen molar-refractivity contribution >= 4 is 11.5 Å². The van der Waals surface area contributed by atoms with E-state index < -0.39 is 5.97 Å². The van der Waals surface area contributed by atoms with Crippen LogP contribution in [0.5, 0.6) is 23.0 Å². The van der Waals surface area contributed by atoms with Gasteiger partial charge in [0, 0.05) is 11.6 Å². The van der Waals surface area contributed by atoms with E-state index in [2.05, 4.69) is 0 Å². The highest BCUT2D eigenvalue weighted by Crippen LogP contribution is 2.38. The Hall–Kier alpha value is -3.41. The quantitative estimate of drug-likeness (QED) is 0.774. The second-order valence-electron chi connectivity index (χ2n) is 5.45. The molecule has 1 aliphatic rings. The summed E-state index contributed by atoms with van der Waals surface area (Å²) < 4.78 is 21.0. The molecule has 2 aromatic rings. The van der Waals surface area contributed by atoms with Gasteiger partial charge < -0.3 is 24.1 Å². The minimum atomic E-state index is -0.448. The van der Waals surface area contributed by atoms with E-state index in [4.69, 9.17) is 18.9 Å². The molecule has 0 saturated carbocycles. The van der Waals surface area contributed by atoms with E-state index in [-0.39, 0.29) is 5.75 Å². The van der Waals surface area contributed by atoms with Crippen LogP contribution in [-0.4, -0.2) is 32.4 Å². The van der Waals surface area contributed by atoms with Gasteiger partial charge in [0.15, 0.2) is 23.0 Å². The molecule has 6 nitrogen and oxygen atoms in total. The summed E-state index contributed by atoms with van der Waals surface area (Å²) in [6.07, 6.45) is 2.94. The number of phenols is 1. The molecule has 28 heavy (non-hydrogen) atoms. The van der Waals surface area contributed by atoms with Crippen molar-refractivity contribution in [1.29, 1.82) is 0 Å². The topological polar surface area (TPSA) is 74.2 Å². The van der Waals surface area contributed by atoms with Crippen molar-refractivity contribution in [2.75, 3.05) is 21.3 Å². The fraction of sp³-hybridized carbons (Fsp3) is 0.227. The number of aromatic hydroxyl groups is 1. The second kappa shape index (κ2) is 9.50. The van der Waals surface area contributed by atoms with Crippen molar-refractivity contribution in [3.63, 3.8) is 0 Å². The number of ether oxygens (including phenoxy) is 4. The van der Waals surface area contributed by atoms with Crippen LogP contribution < -0.4 is 14.2 Å². The van der Waals surface area contributed by atoms with E-state index in [9.17, 15) is 9.90 Å². The molecule has 1 aliphatic heterocycles. The Labute approximate surface area is 164 Å². The maximum absolute atomic E-state index is 11.6. The van der Waals surface area contributed by atoms with Gasteiger partial charge in [0.05, 0.1) is 21.3 Å². The van der Waals surface area contributed by atoms with Crippen molar-refractivity contribution < 1.29 is 28.8 Å². The zero-order chi connectivity index (χ0) is 20.7. The summed E-state index contributed by atoms with van der Waals surface area (Å²) in [7, 11) is 4.58. The molecule has 0 aliphatic carbocycles. The normalized spacial score (nSPS) is 14.0. The number of methoxy groups -OCH3 is 3. The lowest BCUT2D eigenvalue weighted by Gasteiger charge is -2.15. The molecule has 148 valence electrons. The number of carbonyl (C=O) groups excluding carboxylic acids is 1. The monoisotopic (exact) mass is 384 g/mol. The van der Waals surface area contributed by atoms with Gasteiger partial charge >= 0.3 is 5.97 Å². The van der Waals surface area contributed by atoms with E-state index >= 15 is 0 Å². The van der Waals surface area contributed by atoms with Crippen molar-refractivity contribution in [3.05, 3.63) is 65.4 Å². The Bertz CT molecular complexity index is 911.